The van der Waals surface area contributed by atoms with Crippen molar-refractivity contribution >= 4 is 5.82 Å². The lowest BCUT2D eigenvalue weighted by molar-refractivity contribution is 0.129. The molecule has 0 bridgehead atoms. The maximum atomic E-state index is 6.16. The van der Waals surface area contributed by atoms with Gasteiger partial charge < -0.3 is 10.1 Å². The molecular weight excluding hydrogens is 250 g/mol. The van der Waals surface area contributed by atoms with E-state index in [0.29, 0.717) is 6.10 Å². The quantitative estimate of drug-likeness (QED) is 0.858. The van der Waals surface area contributed by atoms with Crippen molar-refractivity contribution in [2.45, 2.75) is 65.4 Å². The van der Waals surface area contributed by atoms with E-state index in [9.17, 15) is 0 Å². The summed E-state index contributed by atoms with van der Waals surface area (Å²) in [6.07, 6.45) is 8.73. The highest BCUT2D eigenvalue weighted by Gasteiger charge is 2.21. The van der Waals surface area contributed by atoms with Crippen LogP contribution < -0.4 is 10.1 Å². The molecule has 20 heavy (non-hydrogen) atoms. The number of rotatable bonds is 6. The molecule has 1 saturated carbocycles. The maximum absolute atomic E-state index is 6.16. The molecular formula is C16H27N3O. The van der Waals surface area contributed by atoms with Crippen LogP contribution in [-0.4, -0.2) is 22.6 Å². The summed E-state index contributed by atoms with van der Waals surface area (Å²) in [5, 5.41) is 3.37. The first-order valence-electron chi connectivity index (χ1n) is 7.99. The average Bonchev–Trinajstić information content (AvgIpc) is 2.47. The number of ether oxygens (including phenoxy) is 1. The summed E-state index contributed by atoms with van der Waals surface area (Å²) >= 11 is 0. The molecule has 0 aliphatic heterocycles. The van der Waals surface area contributed by atoms with Gasteiger partial charge in [-0.2, -0.15) is 0 Å². The molecule has 4 nitrogen and oxygen atoms in total. The van der Waals surface area contributed by atoms with Gasteiger partial charge in [0, 0.05) is 6.54 Å². The van der Waals surface area contributed by atoms with Crippen molar-refractivity contribution in [3.05, 3.63) is 11.9 Å². The van der Waals surface area contributed by atoms with Gasteiger partial charge in [0.05, 0.1) is 5.56 Å². The summed E-state index contributed by atoms with van der Waals surface area (Å²) < 4.78 is 6.16. The maximum Gasteiger partial charge on any atom is 0.222 e. The number of nitrogens with zero attached hydrogens (tertiary/aromatic N) is 2. The smallest absolute Gasteiger partial charge is 0.222 e. The Morgan fingerprint density at radius 2 is 1.95 bits per heavy atom. The van der Waals surface area contributed by atoms with E-state index in [1.807, 2.05) is 0 Å². The highest BCUT2D eigenvalue weighted by atomic mass is 16.5. The molecule has 1 aliphatic rings. The highest BCUT2D eigenvalue weighted by molar-refractivity contribution is 5.48. The lowest BCUT2D eigenvalue weighted by atomic mass is 9.89. The zero-order valence-electron chi connectivity index (χ0n) is 13.0. The number of hydrogen-bond acceptors (Lipinski definition) is 4. The molecule has 4 heteroatoms. The number of nitrogens with one attached hydrogen (secondary N) is 1. The second-order valence-electron chi connectivity index (χ2n) is 5.79. The van der Waals surface area contributed by atoms with Gasteiger partial charge in [0.2, 0.25) is 5.88 Å². The van der Waals surface area contributed by atoms with Crippen molar-refractivity contribution in [3.63, 3.8) is 0 Å². The molecule has 112 valence electrons. The van der Waals surface area contributed by atoms with E-state index in [0.717, 1.165) is 55.4 Å². The van der Waals surface area contributed by atoms with Gasteiger partial charge >= 0.3 is 0 Å². The Morgan fingerprint density at radius 1 is 1.20 bits per heavy atom. The van der Waals surface area contributed by atoms with E-state index in [1.54, 1.807) is 6.33 Å². The Kier molecular flexibility index (Phi) is 5.62. The van der Waals surface area contributed by atoms with Crippen LogP contribution in [0.15, 0.2) is 6.33 Å². The van der Waals surface area contributed by atoms with E-state index < -0.39 is 0 Å². The van der Waals surface area contributed by atoms with Gasteiger partial charge in [0.25, 0.3) is 0 Å². The van der Waals surface area contributed by atoms with Crippen LogP contribution in [0.3, 0.4) is 0 Å². The molecule has 0 spiro atoms. The lowest BCUT2D eigenvalue weighted by Crippen LogP contribution is -2.24. The molecule has 2 rings (SSSR count). The Balaban J connectivity index is 2.06. The zero-order chi connectivity index (χ0) is 14.4. The summed E-state index contributed by atoms with van der Waals surface area (Å²) in [4.78, 5) is 8.71. The van der Waals surface area contributed by atoms with Gasteiger partial charge in [-0.1, -0.05) is 20.8 Å². The minimum Gasteiger partial charge on any atom is -0.474 e. The Morgan fingerprint density at radius 3 is 2.60 bits per heavy atom. The van der Waals surface area contributed by atoms with Crippen molar-refractivity contribution in [3.8, 4) is 5.88 Å². The van der Waals surface area contributed by atoms with Gasteiger partial charge in [-0.25, -0.2) is 9.97 Å². The van der Waals surface area contributed by atoms with E-state index in [2.05, 4.69) is 36.1 Å². The monoisotopic (exact) mass is 277 g/mol. The summed E-state index contributed by atoms with van der Waals surface area (Å²) in [7, 11) is 0. The van der Waals surface area contributed by atoms with E-state index in [-0.39, 0.29) is 0 Å². The molecule has 0 unspecified atom stereocenters. The molecule has 0 atom stereocenters. The summed E-state index contributed by atoms with van der Waals surface area (Å²) in [5.74, 6) is 2.55. The molecule has 1 fully saturated rings. The second-order valence-corrected chi connectivity index (χ2v) is 5.79. The number of hydrogen-bond donors (Lipinski definition) is 1. The molecule has 1 N–H and O–H groups in total. The Labute approximate surface area is 122 Å². The fraction of sp³-hybridized carbons (Fsp3) is 0.750. The van der Waals surface area contributed by atoms with E-state index in [4.69, 9.17) is 4.74 Å². The van der Waals surface area contributed by atoms with Crippen LogP contribution in [0.1, 0.15) is 58.4 Å². The average molecular weight is 277 g/mol. The first-order chi connectivity index (χ1) is 9.74. The topological polar surface area (TPSA) is 47.0 Å². The largest absolute Gasteiger partial charge is 0.474 e. The normalized spacial score (nSPS) is 22.6. The van der Waals surface area contributed by atoms with Crippen molar-refractivity contribution in [2.24, 2.45) is 5.92 Å². The Bertz CT molecular complexity index is 414. The number of anilines is 1. The third-order valence-corrected chi connectivity index (χ3v) is 4.04. The molecule has 0 aromatic carbocycles. The van der Waals surface area contributed by atoms with Gasteiger partial charge in [-0.3, -0.25) is 0 Å². The SMILES string of the molecule is CCCNc1ncnc(OC2CCC(C)CC2)c1CC. The van der Waals surface area contributed by atoms with Crippen LogP contribution in [0, 0.1) is 5.92 Å². The molecule has 0 radical (unpaired) electrons. The second kappa shape index (κ2) is 7.46. The van der Waals surface area contributed by atoms with Crippen molar-refractivity contribution < 1.29 is 4.74 Å². The number of aromatic nitrogens is 2. The molecule has 0 amide bonds. The van der Waals surface area contributed by atoms with Crippen LogP contribution in [-0.2, 0) is 6.42 Å². The van der Waals surface area contributed by atoms with Crippen LogP contribution in [0.25, 0.3) is 0 Å². The van der Waals surface area contributed by atoms with E-state index >= 15 is 0 Å². The van der Waals surface area contributed by atoms with Crippen LogP contribution >= 0.6 is 0 Å². The standard InChI is InChI=1S/C16H27N3O/c1-4-10-17-15-14(5-2)16(19-11-18-15)20-13-8-6-12(3)7-9-13/h11-13H,4-10H2,1-3H3,(H,17,18,19). The van der Waals surface area contributed by atoms with Gasteiger partial charge in [0.1, 0.15) is 18.2 Å². The van der Waals surface area contributed by atoms with Gasteiger partial charge in [-0.15, -0.1) is 0 Å². The summed E-state index contributed by atoms with van der Waals surface area (Å²) in [5.41, 5.74) is 1.11. The van der Waals surface area contributed by atoms with E-state index in [1.165, 1.54) is 12.8 Å². The lowest BCUT2D eigenvalue weighted by Gasteiger charge is -2.27. The first kappa shape index (κ1) is 15.1. The molecule has 1 aromatic heterocycles. The minimum absolute atomic E-state index is 0.324. The van der Waals surface area contributed by atoms with Crippen LogP contribution in [0.2, 0.25) is 0 Å². The molecule has 1 aromatic rings. The van der Waals surface area contributed by atoms with Crippen molar-refractivity contribution in [2.75, 3.05) is 11.9 Å². The third kappa shape index (κ3) is 3.84. The zero-order valence-corrected chi connectivity index (χ0v) is 13.0. The fourth-order valence-corrected chi connectivity index (χ4v) is 2.72. The highest BCUT2D eigenvalue weighted by Crippen LogP contribution is 2.29. The predicted octanol–water partition coefficient (Wildman–Crippen LogP) is 3.82. The predicted molar refractivity (Wildman–Crippen MR) is 82.2 cm³/mol. The van der Waals surface area contributed by atoms with Gasteiger partial charge in [-0.05, 0) is 44.4 Å². The molecule has 1 aliphatic carbocycles. The van der Waals surface area contributed by atoms with Crippen LogP contribution in [0.4, 0.5) is 5.82 Å². The third-order valence-electron chi connectivity index (χ3n) is 4.04. The summed E-state index contributed by atoms with van der Waals surface area (Å²) in [6.45, 7) is 7.54. The van der Waals surface area contributed by atoms with Gasteiger partial charge in [0.15, 0.2) is 0 Å². The molecule has 1 heterocycles. The molecule has 0 saturated heterocycles. The first-order valence-corrected chi connectivity index (χ1v) is 7.99. The van der Waals surface area contributed by atoms with Crippen molar-refractivity contribution in [1.82, 2.24) is 9.97 Å². The van der Waals surface area contributed by atoms with Crippen LogP contribution in [0.5, 0.6) is 5.88 Å². The Hall–Kier alpha value is -1.32. The van der Waals surface area contributed by atoms with Crippen molar-refractivity contribution in [1.29, 1.82) is 0 Å². The fourth-order valence-electron chi connectivity index (χ4n) is 2.72. The summed E-state index contributed by atoms with van der Waals surface area (Å²) in [6, 6.07) is 0. The minimum atomic E-state index is 0.324.